The number of carbonyl (C=O) groups is 4. The second-order valence-corrected chi connectivity index (χ2v) is 20.8. The molecule has 0 saturated heterocycles. The predicted octanol–water partition coefficient (Wildman–Crippen LogP) is 6.84. The molecular formula is C44H72N4O8. The van der Waals surface area contributed by atoms with E-state index in [1.54, 1.807) is 0 Å². The lowest BCUT2D eigenvalue weighted by molar-refractivity contribution is -0.252. The van der Waals surface area contributed by atoms with Gasteiger partial charge in [0.25, 0.3) is 0 Å². The van der Waals surface area contributed by atoms with Crippen molar-refractivity contribution in [1.82, 2.24) is 0 Å². The standard InChI is InChI=1S/C38H58O6.C6H14N4O2/c1-21(2)22-12-17-38(32(42)43)19-18-36(8)23(29(22)38)10-11-27-35(7)15-14-28(34(5,6)26(35)13-16-37(27,36)9)44-31(41)25-20-24(30(39)40)33(25,3)4;7-4(5(11)12)2-1-3-10-6(8)9/h22-29H,1,10-20H2,2-9H3,(H,39,40)(H,42,43);4H,1-3,7H2,(H,11,12)(H4,8,9,10)/t22-,23?,24+,25-,26?,27?,28-,29?,35-,36+,37+,38-;4-/m00/s1. The van der Waals surface area contributed by atoms with E-state index in [1.807, 2.05) is 13.8 Å². The van der Waals surface area contributed by atoms with Gasteiger partial charge >= 0.3 is 23.9 Å². The molecule has 6 aliphatic carbocycles. The fraction of sp³-hybridized carbons (Fsp3) is 0.841. The summed E-state index contributed by atoms with van der Waals surface area (Å²) in [6, 6.07) is -0.820. The van der Waals surface area contributed by atoms with Gasteiger partial charge in [-0.2, -0.15) is 0 Å². The second kappa shape index (κ2) is 15.2. The third-order valence-corrected chi connectivity index (χ3v) is 17.8. The van der Waals surface area contributed by atoms with Crippen molar-refractivity contribution in [3.8, 4) is 0 Å². The third kappa shape index (κ3) is 6.95. The lowest BCUT2D eigenvalue weighted by Gasteiger charge is -2.72. The maximum absolute atomic E-state index is 13.5. The number of aliphatic carboxylic acids is 3. The number of guanidine groups is 1. The third-order valence-electron chi connectivity index (χ3n) is 17.8. The average molecular weight is 785 g/mol. The van der Waals surface area contributed by atoms with Gasteiger partial charge in [0.1, 0.15) is 12.1 Å². The molecule has 9 N–H and O–H groups in total. The average Bonchev–Trinajstić information content (AvgIpc) is 3.49. The van der Waals surface area contributed by atoms with Crippen LogP contribution in [0.3, 0.4) is 0 Å². The summed E-state index contributed by atoms with van der Waals surface area (Å²) >= 11 is 0. The lowest BCUT2D eigenvalue weighted by Crippen LogP contribution is -2.67. The number of nitrogens with two attached hydrogens (primary N) is 3. The van der Waals surface area contributed by atoms with E-state index in [9.17, 15) is 29.4 Å². The summed E-state index contributed by atoms with van der Waals surface area (Å²) in [6.07, 6.45) is 11.0. The molecule has 56 heavy (non-hydrogen) atoms. The van der Waals surface area contributed by atoms with E-state index in [-0.39, 0.29) is 51.5 Å². The summed E-state index contributed by atoms with van der Waals surface area (Å²) in [4.78, 5) is 52.0. The number of carboxylic acid groups (broad SMARTS) is 3. The summed E-state index contributed by atoms with van der Waals surface area (Å²) in [5.41, 5.74) is 15.5. The number of carbonyl (C=O) groups excluding carboxylic acids is 1. The van der Waals surface area contributed by atoms with E-state index in [2.05, 4.69) is 53.1 Å². The Morgan fingerprint density at radius 2 is 1.46 bits per heavy atom. The van der Waals surface area contributed by atoms with Crippen molar-refractivity contribution in [2.24, 2.45) is 96.1 Å². The molecule has 0 aliphatic heterocycles. The Balaban J connectivity index is 0.000000433. The van der Waals surface area contributed by atoms with Gasteiger partial charge in [0.15, 0.2) is 5.96 Å². The molecule has 0 heterocycles. The topological polar surface area (TPSA) is 229 Å². The number of rotatable bonds is 10. The molecular weight excluding hydrogens is 713 g/mol. The van der Waals surface area contributed by atoms with Gasteiger partial charge in [0.2, 0.25) is 0 Å². The van der Waals surface area contributed by atoms with Crippen molar-refractivity contribution < 1.29 is 39.2 Å². The fourth-order valence-corrected chi connectivity index (χ4v) is 14.3. The van der Waals surface area contributed by atoms with E-state index < -0.39 is 40.7 Å². The largest absolute Gasteiger partial charge is 0.481 e. The van der Waals surface area contributed by atoms with Crippen LogP contribution in [0.2, 0.25) is 0 Å². The molecule has 0 aromatic rings. The molecule has 0 aromatic heterocycles. The van der Waals surface area contributed by atoms with Crippen LogP contribution in [0.15, 0.2) is 17.1 Å². The SMILES string of the molecule is C=C(C)[C@@H]1CC[C@]2(C(=O)O)CC[C@]3(C)C(CCC4[C@@]5(C)CC[C@H](OC(=O)[C@@H]6C[C@H](C(=O)O)C6(C)C)C(C)(C)C5CC[C@]43C)C12.NC(N)=NCCC[C@H](N)C(=O)O. The van der Waals surface area contributed by atoms with Crippen LogP contribution in [0.5, 0.6) is 0 Å². The van der Waals surface area contributed by atoms with Crippen molar-refractivity contribution in [3.63, 3.8) is 0 Å². The minimum atomic E-state index is -1.00. The maximum atomic E-state index is 13.5. The highest BCUT2D eigenvalue weighted by molar-refractivity contribution is 5.81. The molecule has 0 aromatic carbocycles. The molecule has 4 unspecified atom stereocenters. The van der Waals surface area contributed by atoms with E-state index in [4.69, 9.17) is 27.0 Å². The minimum Gasteiger partial charge on any atom is -0.481 e. The van der Waals surface area contributed by atoms with Crippen LogP contribution in [0.25, 0.3) is 0 Å². The van der Waals surface area contributed by atoms with Crippen LogP contribution < -0.4 is 17.2 Å². The Morgan fingerprint density at radius 1 is 0.804 bits per heavy atom. The number of hydrogen-bond donors (Lipinski definition) is 6. The lowest BCUT2D eigenvalue weighted by atomic mass is 9.32. The zero-order valence-electron chi connectivity index (χ0n) is 35.4. The zero-order chi connectivity index (χ0) is 42.0. The monoisotopic (exact) mass is 785 g/mol. The highest BCUT2D eigenvalue weighted by Gasteiger charge is 2.72. The summed E-state index contributed by atoms with van der Waals surface area (Å²) in [5, 5.41) is 28.6. The normalized spacial score (nSPS) is 41.9. The van der Waals surface area contributed by atoms with Gasteiger partial charge in [-0.3, -0.25) is 24.2 Å². The number of fused-ring (bicyclic) bond motifs is 7. The number of ether oxygens (including phenoxy) is 1. The molecule has 0 spiro atoms. The predicted molar refractivity (Wildman–Crippen MR) is 215 cm³/mol. The van der Waals surface area contributed by atoms with E-state index in [1.165, 1.54) is 5.57 Å². The Kier molecular flexibility index (Phi) is 11.9. The molecule has 0 bridgehead atoms. The molecule has 6 rings (SSSR count). The van der Waals surface area contributed by atoms with Crippen LogP contribution in [0, 0.1) is 73.9 Å². The minimum absolute atomic E-state index is 0.0129. The number of hydrogen-bond acceptors (Lipinski definition) is 7. The molecule has 13 atom stereocenters. The summed E-state index contributed by atoms with van der Waals surface area (Å²) in [7, 11) is 0. The van der Waals surface area contributed by atoms with Crippen molar-refractivity contribution >= 4 is 29.8 Å². The van der Waals surface area contributed by atoms with E-state index >= 15 is 0 Å². The van der Waals surface area contributed by atoms with Gasteiger partial charge in [-0.1, -0.05) is 60.6 Å². The van der Waals surface area contributed by atoms with Crippen molar-refractivity contribution in [2.75, 3.05) is 6.54 Å². The quantitative estimate of drug-likeness (QED) is 0.0442. The number of allylic oxidation sites excluding steroid dienone is 1. The smallest absolute Gasteiger partial charge is 0.320 e. The molecule has 12 nitrogen and oxygen atoms in total. The number of esters is 1. The first-order chi connectivity index (χ1) is 25.8. The summed E-state index contributed by atoms with van der Waals surface area (Å²) in [5.74, 6) is -1.58. The molecule has 6 fully saturated rings. The van der Waals surface area contributed by atoms with Gasteiger partial charge < -0.3 is 37.3 Å². The highest BCUT2D eigenvalue weighted by Crippen LogP contribution is 2.77. The number of carboxylic acids is 3. The van der Waals surface area contributed by atoms with Crippen molar-refractivity contribution in [2.45, 2.75) is 151 Å². The van der Waals surface area contributed by atoms with Gasteiger partial charge in [0.05, 0.1) is 17.3 Å². The number of aliphatic imine (C=N–C) groups is 1. The molecule has 0 radical (unpaired) electrons. The Hall–Kier alpha value is -3.15. The zero-order valence-corrected chi connectivity index (χ0v) is 35.4. The van der Waals surface area contributed by atoms with E-state index in [0.717, 1.165) is 64.2 Å². The Bertz CT molecular complexity index is 1610. The fourth-order valence-electron chi connectivity index (χ4n) is 14.3. The first kappa shape index (κ1) is 44.0. The Labute approximate surface area is 334 Å². The summed E-state index contributed by atoms with van der Waals surface area (Å²) < 4.78 is 6.35. The second-order valence-electron chi connectivity index (χ2n) is 20.8. The molecule has 316 valence electrons. The van der Waals surface area contributed by atoms with Crippen LogP contribution in [0.1, 0.15) is 139 Å². The highest BCUT2D eigenvalue weighted by atomic mass is 16.5. The van der Waals surface area contributed by atoms with Gasteiger partial charge in [-0.25, -0.2) is 0 Å². The van der Waals surface area contributed by atoms with Gasteiger partial charge in [0, 0.05) is 12.0 Å². The van der Waals surface area contributed by atoms with Crippen LogP contribution in [-0.2, 0) is 23.9 Å². The number of nitrogens with zero attached hydrogens (tertiary/aromatic N) is 1. The Morgan fingerprint density at radius 3 is 2.02 bits per heavy atom. The van der Waals surface area contributed by atoms with Crippen LogP contribution in [0.4, 0.5) is 0 Å². The molecule has 6 saturated carbocycles. The summed E-state index contributed by atoms with van der Waals surface area (Å²) in [6.45, 7) is 23.0. The van der Waals surface area contributed by atoms with E-state index in [0.29, 0.717) is 49.5 Å². The van der Waals surface area contributed by atoms with Crippen LogP contribution >= 0.6 is 0 Å². The van der Waals surface area contributed by atoms with Crippen molar-refractivity contribution in [1.29, 1.82) is 0 Å². The maximum Gasteiger partial charge on any atom is 0.320 e. The molecule has 6 aliphatic rings. The first-order valence-electron chi connectivity index (χ1n) is 21.2. The van der Waals surface area contributed by atoms with Gasteiger partial charge in [-0.05, 0) is 142 Å². The van der Waals surface area contributed by atoms with Crippen molar-refractivity contribution in [3.05, 3.63) is 12.2 Å². The first-order valence-corrected chi connectivity index (χ1v) is 21.2. The van der Waals surface area contributed by atoms with Crippen LogP contribution in [-0.4, -0.2) is 63.8 Å². The molecule has 0 amide bonds. The van der Waals surface area contributed by atoms with Gasteiger partial charge in [-0.15, -0.1) is 0 Å². The molecule has 12 heteroatoms.